The maximum Gasteiger partial charge on any atom is 0.416 e. The number of carbonyl (C=O) groups excluding carboxylic acids is 1. The highest BCUT2D eigenvalue weighted by Crippen LogP contribution is 2.30. The van der Waals surface area contributed by atoms with Crippen LogP contribution in [0.15, 0.2) is 24.3 Å². The molecule has 23 heavy (non-hydrogen) atoms. The summed E-state index contributed by atoms with van der Waals surface area (Å²) in [4.78, 5) is 12.0. The first-order chi connectivity index (χ1) is 10.8. The van der Waals surface area contributed by atoms with Crippen molar-refractivity contribution in [2.24, 2.45) is 0 Å². The van der Waals surface area contributed by atoms with Crippen LogP contribution in [0.25, 0.3) is 0 Å². The highest BCUT2D eigenvalue weighted by Gasteiger charge is 2.30. The van der Waals surface area contributed by atoms with Gasteiger partial charge in [-0.2, -0.15) is 13.2 Å². The number of aliphatic hydroxyl groups excluding tert-OH is 1. The van der Waals surface area contributed by atoms with E-state index in [0.29, 0.717) is 18.4 Å². The first-order valence-electron chi connectivity index (χ1n) is 7.90. The first-order valence-corrected chi connectivity index (χ1v) is 7.90. The standard InChI is InChI=1S/C17H22F3NO2/c1-11(12-2-4-13(5-3-12)17(18,19)20)10-16(23)21-14-6-8-15(22)9-7-14/h2-5,11,14-15,22H,6-10H2,1H3,(H,21,23). The molecule has 1 aromatic carbocycles. The molecule has 1 aliphatic rings. The molecule has 3 nitrogen and oxygen atoms in total. The molecular weight excluding hydrogens is 307 g/mol. The van der Waals surface area contributed by atoms with E-state index >= 15 is 0 Å². The third-order valence-corrected chi connectivity index (χ3v) is 4.36. The van der Waals surface area contributed by atoms with Crippen LogP contribution in [0.1, 0.15) is 56.1 Å². The summed E-state index contributed by atoms with van der Waals surface area (Å²) in [5.74, 6) is -0.245. The van der Waals surface area contributed by atoms with Crippen LogP contribution in [0.4, 0.5) is 13.2 Å². The van der Waals surface area contributed by atoms with Gasteiger partial charge >= 0.3 is 6.18 Å². The zero-order valence-corrected chi connectivity index (χ0v) is 13.1. The molecule has 1 unspecified atom stereocenters. The lowest BCUT2D eigenvalue weighted by atomic mass is 9.92. The van der Waals surface area contributed by atoms with E-state index in [0.717, 1.165) is 25.0 Å². The van der Waals surface area contributed by atoms with Crippen LogP contribution >= 0.6 is 0 Å². The van der Waals surface area contributed by atoms with Gasteiger partial charge in [-0.05, 0) is 49.3 Å². The van der Waals surface area contributed by atoms with E-state index in [9.17, 15) is 23.1 Å². The molecule has 0 aliphatic heterocycles. The van der Waals surface area contributed by atoms with E-state index in [1.165, 1.54) is 12.1 Å². The van der Waals surface area contributed by atoms with Crippen LogP contribution in [0.5, 0.6) is 0 Å². The predicted octanol–water partition coefficient (Wildman–Crippen LogP) is 3.62. The van der Waals surface area contributed by atoms with Gasteiger partial charge in [0.15, 0.2) is 0 Å². The summed E-state index contributed by atoms with van der Waals surface area (Å²) in [6.45, 7) is 1.83. The van der Waals surface area contributed by atoms with E-state index in [1.807, 2.05) is 6.92 Å². The summed E-state index contributed by atoms with van der Waals surface area (Å²) in [6, 6.07) is 5.04. The van der Waals surface area contributed by atoms with Crippen LogP contribution in [0, 0.1) is 0 Å². The van der Waals surface area contributed by atoms with Crippen LogP contribution in [-0.4, -0.2) is 23.2 Å². The van der Waals surface area contributed by atoms with Crippen molar-refractivity contribution in [2.75, 3.05) is 0 Å². The lowest BCUT2D eigenvalue weighted by Gasteiger charge is -2.26. The fourth-order valence-electron chi connectivity index (χ4n) is 2.90. The Hall–Kier alpha value is -1.56. The largest absolute Gasteiger partial charge is 0.416 e. The molecule has 0 bridgehead atoms. The average Bonchev–Trinajstić information content (AvgIpc) is 2.49. The lowest BCUT2D eigenvalue weighted by molar-refractivity contribution is -0.137. The Labute approximate surface area is 133 Å². The van der Waals surface area contributed by atoms with Gasteiger partial charge in [0.1, 0.15) is 0 Å². The minimum atomic E-state index is -4.34. The third-order valence-electron chi connectivity index (χ3n) is 4.36. The number of alkyl halides is 3. The SMILES string of the molecule is CC(CC(=O)NC1CCC(O)CC1)c1ccc(C(F)(F)F)cc1. The van der Waals surface area contributed by atoms with Gasteiger partial charge in [-0.15, -0.1) is 0 Å². The Morgan fingerprint density at radius 3 is 2.30 bits per heavy atom. The number of aliphatic hydroxyl groups is 1. The van der Waals surface area contributed by atoms with Gasteiger partial charge in [-0.1, -0.05) is 19.1 Å². The molecular formula is C17H22F3NO2. The zero-order chi connectivity index (χ0) is 17.0. The van der Waals surface area contributed by atoms with Gasteiger partial charge in [-0.3, -0.25) is 4.79 Å². The molecule has 2 N–H and O–H groups in total. The minimum absolute atomic E-state index is 0.0886. The molecule has 6 heteroatoms. The van der Waals surface area contributed by atoms with E-state index in [2.05, 4.69) is 5.32 Å². The molecule has 2 rings (SSSR count). The van der Waals surface area contributed by atoms with Crippen molar-refractivity contribution in [2.45, 2.75) is 63.3 Å². The monoisotopic (exact) mass is 329 g/mol. The second kappa shape index (κ2) is 7.34. The normalized spacial score (nSPS) is 23.3. The van der Waals surface area contributed by atoms with Gasteiger partial charge in [0.05, 0.1) is 11.7 Å². The molecule has 1 atom stereocenters. The van der Waals surface area contributed by atoms with Crippen molar-refractivity contribution in [3.05, 3.63) is 35.4 Å². The van der Waals surface area contributed by atoms with Crippen LogP contribution in [-0.2, 0) is 11.0 Å². The van der Waals surface area contributed by atoms with Crippen molar-refractivity contribution in [1.29, 1.82) is 0 Å². The molecule has 0 spiro atoms. The number of hydrogen-bond acceptors (Lipinski definition) is 2. The van der Waals surface area contributed by atoms with E-state index in [-0.39, 0.29) is 30.4 Å². The molecule has 1 saturated carbocycles. The fraction of sp³-hybridized carbons (Fsp3) is 0.588. The number of carbonyl (C=O) groups is 1. The fourth-order valence-corrected chi connectivity index (χ4v) is 2.90. The second-order valence-electron chi connectivity index (χ2n) is 6.30. The van der Waals surface area contributed by atoms with Crippen molar-refractivity contribution in [1.82, 2.24) is 5.32 Å². The maximum absolute atomic E-state index is 12.5. The summed E-state index contributed by atoms with van der Waals surface area (Å²) in [5.41, 5.74) is 0.0332. The molecule has 1 fully saturated rings. The summed E-state index contributed by atoms with van der Waals surface area (Å²) >= 11 is 0. The molecule has 128 valence electrons. The lowest BCUT2D eigenvalue weighted by Crippen LogP contribution is -2.38. The van der Waals surface area contributed by atoms with E-state index < -0.39 is 11.7 Å². The Kier molecular flexibility index (Phi) is 5.68. The molecule has 0 aromatic heterocycles. The third kappa shape index (κ3) is 5.23. The van der Waals surface area contributed by atoms with Crippen LogP contribution < -0.4 is 5.32 Å². The second-order valence-corrected chi connectivity index (χ2v) is 6.30. The van der Waals surface area contributed by atoms with Crippen LogP contribution in [0.3, 0.4) is 0 Å². The van der Waals surface area contributed by atoms with Crippen molar-refractivity contribution in [3.63, 3.8) is 0 Å². The maximum atomic E-state index is 12.5. The van der Waals surface area contributed by atoms with Crippen molar-refractivity contribution < 1.29 is 23.1 Å². The Balaban J connectivity index is 1.86. The summed E-state index contributed by atoms with van der Waals surface area (Å²) in [5, 5.41) is 12.4. The summed E-state index contributed by atoms with van der Waals surface area (Å²) in [7, 11) is 0. The zero-order valence-electron chi connectivity index (χ0n) is 13.1. The Morgan fingerprint density at radius 1 is 1.22 bits per heavy atom. The summed E-state index contributed by atoms with van der Waals surface area (Å²) in [6.07, 6.45) is -1.45. The molecule has 1 aromatic rings. The topological polar surface area (TPSA) is 49.3 Å². The van der Waals surface area contributed by atoms with Crippen molar-refractivity contribution in [3.8, 4) is 0 Å². The number of halogens is 3. The molecule has 1 aliphatic carbocycles. The smallest absolute Gasteiger partial charge is 0.393 e. The number of rotatable bonds is 4. The minimum Gasteiger partial charge on any atom is -0.393 e. The van der Waals surface area contributed by atoms with Gasteiger partial charge in [-0.25, -0.2) is 0 Å². The molecule has 0 radical (unpaired) electrons. The predicted molar refractivity (Wildman–Crippen MR) is 80.9 cm³/mol. The van der Waals surface area contributed by atoms with Gasteiger partial charge in [0.25, 0.3) is 0 Å². The Morgan fingerprint density at radius 2 is 1.78 bits per heavy atom. The van der Waals surface area contributed by atoms with Gasteiger partial charge in [0, 0.05) is 12.5 Å². The van der Waals surface area contributed by atoms with Gasteiger partial charge < -0.3 is 10.4 Å². The van der Waals surface area contributed by atoms with Crippen molar-refractivity contribution >= 4 is 5.91 Å². The highest BCUT2D eigenvalue weighted by atomic mass is 19.4. The first kappa shape index (κ1) is 17.8. The molecule has 1 amide bonds. The average molecular weight is 329 g/mol. The Bertz CT molecular complexity index is 520. The number of benzene rings is 1. The quantitative estimate of drug-likeness (QED) is 0.886. The number of hydrogen-bond donors (Lipinski definition) is 2. The highest BCUT2D eigenvalue weighted by molar-refractivity contribution is 5.77. The summed E-state index contributed by atoms with van der Waals surface area (Å²) < 4.78 is 37.6. The van der Waals surface area contributed by atoms with E-state index in [1.54, 1.807) is 0 Å². The molecule has 0 heterocycles. The number of amides is 1. The number of nitrogens with one attached hydrogen (secondary N) is 1. The van der Waals surface area contributed by atoms with E-state index in [4.69, 9.17) is 0 Å². The molecule has 0 saturated heterocycles. The van der Waals surface area contributed by atoms with Crippen LogP contribution in [0.2, 0.25) is 0 Å². The van der Waals surface area contributed by atoms with Gasteiger partial charge in [0.2, 0.25) is 5.91 Å².